The summed E-state index contributed by atoms with van der Waals surface area (Å²) in [5.41, 5.74) is 1.29. The van der Waals surface area contributed by atoms with Crippen LogP contribution in [0.3, 0.4) is 0 Å². The number of carboxylic acid groups (broad SMARTS) is 2. The first-order valence-corrected chi connectivity index (χ1v) is 18.0. The Morgan fingerprint density at radius 2 is 1.02 bits per heavy atom. The average Bonchev–Trinajstić information content (AvgIpc) is 3.13. The van der Waals surface area contributed by atoms with Gasteiger partial charge in [-0.3, -0.25) is 18.2 Å². The third-order valence-electron chi connectivity index (χ3n) is 7.54. The molecule has 0 saturated carbocycles. The second-order valence-electron chi connectivity index (χ2n) is 10.8. The van der Waals surface area contributed by atoms with E-state index in [0.717, 1.165) is 23.3 Å². The van der Waals surface area contributed by atoms with Gasteiger partial charge >= 0.3 is 11.9 Å². The largest absolute Gasteiger partial charge is 0.497 e. The number of hydrogen-bond acceptors (Lipinski definition) is 9. The van der Waals surface area contributed by atoms with E-state index >= 15 is 0 Å². The molecule has 0 radical (unpaired) electrons. The van der Waals surface area contributed by atoms with E-state index in [1.165, 1.54) is 68.8 Å². The molecule has 0 aliphatic carbocycles. The molecule has 0 aliphatic rings. The van der Waals surface area contributed by atoms with Gasteiger partial charge in [-0.05, 0) is 83.9 Å². The van der Waals surface area contributed by atoms with E-state index in [0.29, 0.717) is 20.1 Å². The van der Waals surface area contributed by atoms with E-state index in [1.54, 1.807) is 24.3 Å². The maximum absolute atomic E-state index is 14.0. The minimum Gasteiger partial charge on any atom is -0.497 e. The molecule has 0 amide bonds. The van der Waals surface area contributed by atoms with Crippen molar-refractivity contribution >= 4 is 43.4 Å². The minimum absolute atomic E-state index is 0.188. The Hall–Kier alpha value is -6.06. The average molecular weight is 733 g/mol. The number of ether oxygens (including phenoxy) is 3. The van der Waals surface area contributed by atoms with Crippen LogP contribution in [0.1, 0.15) is 0 Å². The zero-order valence-electron chi connectivity index (χ0n) is 27.2. The monoisotopic (exact) mass is 732 g/mol. The van der Waals surface area contributed by atoms with E-state index in [2.05, 4.69) is 0 Å². The number of rotatable bonds is 15. The number of benzene rings is 5. The van der Waals surface area contributed by atoms with Crippen molar-refractivity contribution in [3.05, 3.63) is 121 Å². The molecule has 0 saturated heterocycles. The molecule has 0 bridgehead atoms. The summed E-state index contributed by atoms with van der Waals surface area (Å²) in [6.07, 6.45) is 0. The topological polar surface area (TPSA) is 177 Å². The normalized spacial score (nSPS) is 11.3. The fourth-order valence-corrected chi connectivity index (χ4v) is 7.86. The molecule has 264 valence electrons. The first-order valence-electron chi connectivity index (χ1n) is 15.1. The Balaban J connectivity index is 1.67. The van der Waals surface area contributed by atoms with Gasteiger partial charge in [-0.25, -0.2) is 16.8 Å². The van der Waals surface area contributed by atoms with Gasteiger partial charge in [0.1, 0.15) is 30.3 Å². The highest BCUT2D eigenvalue weighted by atomic mass is 32.2. The van der Waals surface area contributed by atoms with Crippen molar-refractivity contribution in [3.8, 4) is 34.1 Å². The van der Waals surface area contributed by atoms with Crippen molar-refractivity contribution in [1.29, 1.82) is 0 Å². The lowest BCUT2D eigenvalue weighted by atomic mass is 10.1. The Labute approximate surface area is 294 Å². The van der Waals surface area contributed by atoms with Crippen LogP contribution in [0.2, 0.25) is 0 Å². The minimum atomic E-state index is -4.58. The van der Waals surface area contributed by atoms with Gasteiger partial charge in [0.2, 0.25) is 0 Å². The molecule has 5 aromatic rings. The number of hydrogen-bond donors (Lipinski definition) is 2. The predicted molar refractivity (Wildman–Crippen MR) is 189 cm³/mol. The Kier molecular flexibility index (Phi) is 10.8. The van der Waals surface area contributed by atoms with Crippen molar-refractivity contribution in [3.63, 3.8) is 0 Å². The third-order valence-corrected chi connectivity index (χ3v) is 11.1. The Morgan fingerprint density at radius 3 is 1.51 bits per heavy atom. The van der Waals surface area contributed by atoms with Gasteiger partial charge in [0.15, 0.2) is 5.75 Å². The maximum atomic E-state index is 14.0. The van der Waals surface area contributed by atoms with Crippen molar-refractivity contribution in [2.45, 2.75) is 9.79 Å². The summed E-state index contributed by atoms with van der Waals surface area (Å²) < 4.78 is 73.4. The number of carboxylic acids is 2. The zero-order valence-corrected chi connectivity index (χ0v) is 28.9. The van der Waals surface area contributed by atoms with Gasteiger partial charge in [0.25, 0.3) is 20.0 Å². The lowest BCUT2D eigenvalue weighted by molar-refractivity contribution is -0.136. The number of carbonyl (C=O) groups is 2. The smallest absolute Gasteiger partial charge is 0.324 e. The molecule has 0 atom stereocenters. The van der Waals surface area contributed by atoms with Crippen molar-refractivity contribution in [2.24, 2.45) is 0 Å². The molecular weight excluding hydrogens is 701 g/mol. The fraction of sp³-hybridized carbons (Fsp3) is 0.111. The van der Waals surface area contributed by atoms with Crippen molar-refractivity contribution in [2.75, 3.05) is 35.9 Å². The summed E-state index contributed by atoms with van der Waals surface area (Å²) in [6, 6.07) is 30.2. The number of nitrogens with zero attached hydrogens (tertiary/aromatic N) is 2. The molecule has 0 heterocycles. The van der Waals surface area contributed by atoms with E-state index in [9.17, 15) is 36.6 Å². The summed E-state index contributed by atoms with van der Waals surface area (Å²) in [4.78, 5) is 23.6. The van der Waals surface area contributed by atoms with Crippen LogP contribution in [-0.4, -0.2) is 66.3 Å². The lowest BCUT2D eigenvalue weighted by Gasteiger charge is -2.27. The number of aliphatic carboxylic acids is 2. The van der Waals surface area contributed by atoms with Gasteiger partial charge in [0, 0.05) is 6.07 Å². The summed E-state index contributed by atoms with van der Waals surface area (Å²) in [5, 5.41) is 19.6. The molecule has 13 nitrogen and oxygen atoms in total. The molecule has 2 N–H and O–H groups in total. The maximum Gasteiger partial charge on any atom is 0.324 e. The highest BCUT2D eigenvalue weighted by Gasteiger charge is 2.32. The summed E-state index contributed by atoms with van der Waals surface area (Å²) in [5.74, 6) is -2.34. The Bertz CT molecular complexity index is 2230. The standard InChI is InChI=1S/C36H32N2O11S2/c1-47-28-13-17-31(18-14-28)50(43,44)37(23-35(39)40)27-10-21-33(38(24-36(41)42)51(45,46)32-19-15-29(48-2)16-20-32)34(22-27)49-30-11-8-26(9-12-30)25-6-4-3-5-7-25/h3-22H,23-24H2,1-2H3,(H,39,40)(H,41,42). The molecular formula is C36H32N2O11S2. The molecule has 0 aromatic heterocycles. The molecule has 0 fully saturated rings. The summed E-state index contributed by atoms with van der Waals surface area (Å²) >= 11 is 0. The van der Waals surface area contributed by atoms with Crippen molar-refractivity contribution < 1.29 is 50.8 Å². The lowest BCUT2D eigenvalue weighted by Crippen LogP contribution is -2.37. The molecule has 15 heteroatoms. The van der Waals surface area contributed by atoms with Crippen LogP contribution in [0.4, 0.5) is 11.4 Å². The van der Waals surface area contributed by atoms with Gasteiger partial charge in [-0.2, -0.15) is 0 Å². The summed E-state index contributed by atoms with van der Waals surface area (Å²) in [6.45, 7) is -2.05. The molecule has 5 aromatic carbocycles. The predicted octanol–water partition coefficient (Wildman–Crippen LogP) is 5.72. The highest BCUT2D eigenvalue weighted by molar-refractivity contribution is 7.93. The number of anilines is 2. The third kappa shape index (κ3) is 8.22. The molecule has 51 heavy (non-hydrogen) atoms. The van der Waals surface area contributed by atoms with Gasteiger partial charge in [-0.1, -0.05) is 42.5 Å². The van der Waals surface area contributed by atoms with Gasteiger partial charge in [0.05, 0.1) is 35.4 Å². The van der Waals surface area contributed by atoms with Crippen LogP contribution in [0.15, 0.2) is 131 Å². The van der Waals surface area contributed by atoms with Crippen LogP contribution >= 0.6 is 0 Å². The molecule has 5 rings (SSSR count). The van der Waals surface area contributed by atoms with Crippen LogP contribution in [0.25, 0.3) is 11.1 Å². The van der Waals surface area contributed by atoms with Crippen LogP contribution in [0.5, 0.6) is 23.0 Å². The number of methoxy groups -OCH3 is 2. The summed E-state index contributed by atoms with van der Waals surface area (Å²) in [7, 11) is -6.30. The van der Waals surface area contributed by atoms with E-state index in [-0.39, 0.29) is 32.7 Å². The molecule has 0 aliphatic heterocycles. The number of sulfonamides is 2. The molecule has 0 spiro atoms. The van der Waals surface area contributed by atoms with E-state index in [4.69, 9.17) is 14.2 Å². The second kappa shape index (κ2) is 15.2. The van der Waals surface area contributed by atoms with Crippen LogP contribution < -0.4 is 22.8 Å². The molecule has 0 unspecified atom stereocenters. The first kappa shape index (κ1) is 36.2. The fourth-order valence-electron chi connectivity index (χ4n) is 5.03. The quantitative estimate of drug-likeness (QED) is 0.135. The van der Waals surface area contributed by atoms with E-state index < -0.39 is 45.1 Å². The highest BCUT2D eigenvalue weighted by Crippen LogP contribution is 2.40. The first-order chi connectivity index (χ1) is 24.3. The van der Waals surface area contributed by atoms with Gasteiger partial charge < -0.3 is 24.4 Å². The van der Waals surface area contributed by atoms with Crippen LogP contribution in [0, 0.1) is 0 Å². The van der Waals surface area contributed by atoms with Crippen LogP contribution in [-0.2, 0) is 29.6 Å². The second-order valence-corrected chi connectivity index (χ2v) is 14.5. The Morgan fingerprint density at radius 1 is 0.569 bits per heavy atom. The van der Waals surface area contributed by atoms with Gasteiger partial charge in [-0.15, -0.1) is 0 Å². The van der Waals surface area contributed by atoms with Crippen molar-refractivity contribution in [1.82, 2.24) is 0 Å². The SMILES string of the molecule is COc1ccc(S(=O)(=O)N(CC(=O)O)c2ccc(N(CC(=O)O)S(=O)(=O)c3ccc(OC)cc3)c(Oc3ccc(-c4ccccc4)cc3)c2)cc1. The van der Waals surface area contributed by atoms with E-state index in [1.807, 2.05) is 30.3 Å². The zero-order chi connectivity index (χ0) is 36.8.